The molecule has 1 heterocycles. The second-order valence-corrected chi connectivity index (χ2v) is 8.39. The Kier molecular flexibility index (Phi) is 6.26. The average molecular weight is 414 g/mol. The number of halogens is 3. The van der Waals surface area contributed by atoms with Gasteiger partial charge in [-0.2, -0.15) is 0 Å². The fourth-order valence-electron chi connectivity index (χ4n) is 3.15. The highest BCUT2D eigenvalue weighted by molar-refractivity contribution is 7.89. The first-order valence-electron chi connectivity index (χ1n) is 8.86. The molecule has 0 atom stereocenters. The summed E-state index contributed by atoms with van der Waals surface area (Å²) in [5, 5.41) is 0. The van der Waals surface area contributed by atoms with E-state index in [0.29, 0.717) is 32.5 Å². The summed E-state index contributed by atoms with van der Waals surface area (Å²) in [6, 6.07) is 13.9. The zero-order valence-electron chi connectivity index (χ0n) is 15.0. The fraction of sp³-hybridized carbons (Fsp3) is 0.368. The number of benzene rings is 2. The molecule has 28 heavy (non-hydrogen) atoms. The molecule has 2 aromatic rings. The molecular weight excluding hydrogens is 393 g/mol. The van der Waals surface area contributed by atoms with E-state index in [9.17, 15) is 21.6 Å². The van der Waals surface area contributed by atoms with Crippen LogP contribution in [0.5, 0.6) is 5.75 Å². The van der Waals surface area contributed by atoms with Crippen LogP contribution in [0.4, 0.5) is 13.2 Å². The minimum Gasteiger partial charge on any atom is -0.406 e. The number of hydrogen-bond acceptors (Lipinski definition) is 4. The van der Waals surface area contributed by atoms with E-state index in [4.69, 9.17) is 0 Å². The van der Waals surface area contributed by atoms with Gasteiger partial charge in [-0.15, -0.1) is 13.2 Å². The SMILES string of the molecule is O=S(=O)(NC1CCN(Cc2ccc(OC(F)(F)F)cc2)CC1)c1ccccc1. The lowest BCUT2D eigenvalue weighted by atomic mass is 10.1. The third-order valence-electron chi connectivity index (χ3n) is 4.53. The fourth-order valence-corrected chi connectivity index (χ4v) is 4.48. The van der Waals surface area contributed by atoms with Gasteiger partial charge in [0, 0.05) is 25.7 Å². The zero-order chi connectivity index (χ0) is 20.2. The number of piperidine rings is 1. The second kappa shape index (κ2) is 8.50. The normalized spacial score (nSPS) is 16.8. The van der Waals surface area contributed by atoms with Crippen molar-refractivity contribution in [2.24, 2.45) is 0 Å². The van der Waals surface area contributed by atoms with E-state index in [1.54, 1.807) is 42.5 Å². The van der Waals surface area contributed by atoms with Crippen molar-refractivity contribution >= 4 is 10.0 Å². The highest BCUT2D eigenvalue weighted by Crippen LogP contribution is 2.23. The van der Waals surface area contributed by atoms with Crippen LogP contribution in [-0.2, 0) is 16.6 Å². The molecule has 0 aromatic heterocycles. The third kappa shape index (κ3) is 5.95. The first-order valence-corrected chi connectivity index (χ1v) is 10.3. The van der Waals surface area contributed by atoms with Gasteiger partial charge in [-0.25, -0.2) is 13.1 Å². The molecule has 9 heteroatoms. The maximum absolute atomic E-state index is 12.4. The monoisotopic (exact) mass is 414 g/mol. The maximum atomic E-state index is 12.4. The highest BCUT2D eigenvalue weighted by Gasteiger charge is 2.31. The Hall–Kier alpha value is -2.10. The number of nitrogens with one attached hydrogen (secondary N) is 1. The summed E-state index contributed by atoms with van der Waals surface area (Å²) >= 11 is 0. The number of sulfonamides is 1. The molecule has 0 saturated carbocycles. The Bertz CT molecular complexity index is 864. The van der Waals surface area contributed by atoms with E-state index in [0.717, 1.165) is 5.56 Å². The van der Waals surface area contributed by atoms with Gasteiger partial charge in [0.25, 0.3) is 0 Å². The standard InChI is InChI=1S/C19H21F3N2O3S/c20-19(21,22)27-17-8-6-15(7-9-17)14-24-12-10-16(11-13-24)23-28(25,26)18-4-2-1-3-5-18/h1-9,16,23H,10-14H2. The summed E-state index contributed by atoms with van der Waals surface area (Å²) < 4.78 is 68.0. The van der Waals surface area contributed by atoms with Gasteiger partial charge in [-0.3, -0.25) is 4.90 Å². The van der Waals surface area contributed by atoms with Crippen molar-refractivity contribution < 1.29 is 26.3 Å². The minimum atomic E-state index is -4.70. The van der Waals surface area contributed by atoms with Crippen molar-refractivity contribution in [3.05, 3.63) is 60.2 Å². The topological polar surface area (TPSA) is 58.6 Å². The van der Waals surface area contributed by atoms with Crippen LogP contribution in [0, 0.1) is 0 Å². The number of hydrogen-bond donors (Lipinski definition) is 1. The molecule has 1 aliphatic heterocycles. The maximum Gasteiger partial charge on any atom is 0.573 e. The first kappa shape index (κ1) is 20.6. The molecule has 0 amide bonds. The quantitative estimate of drug-likeness (QED) is 0.786. The smallest absolute Gasteiger partial charge is 0.406 e. The van der Waals surface area contributed by atoms with Crippen molar-refractivity contribution in [2.45, 2.75) is 36.7 Å². The molecule has 1 aliphatic rings. The predicted molar refractivity (Wildman–Crippen MR) is 98.2 cm³/mol. The third-order valence-corrected chi connectivity index (χ3v) is 6.06. The molecule has 1 N–H and O–H groups in total. The molecule has 1 saturated heterocycles. The van der Waals surface area contributed by atoms with Crippen LogP contribution in [0.3, 0.4) is 0 Å². The van der Waals surface area contributed by atoms with E-state index in [1.807, 2.05) is 0 Å². The Morgan fingerprint density at radius 3 is 2.18 bits per heavy atom. The van der Waals surface area contributed by atoms with E-state index >= 15 is 0 Å². The summed E-state index contributed by atoms with van der Waals surface area (Å²) in [5.41, 5.74) is 0.873. The Labute approximate surface area is 162 Å². The van der Waals surface area contributed by atoms with Crippen LogP contribution in [0.25, 0.3) is 0 Å². The highest BCUT2D eigenvalue weighted by atomic mass is 32.2. The predicted octanol–water partition coefficient (Wildman–Crippen LogP) is 3.53. The summed E-state index contributed by atoms with van der Waals surface area (Å²) in [6.45, 7) is 1.98. The van der Waals surface area contributed by atoms with Gasteiger partial charge in [0.15, 0.2) is 0 Å². The second-order valence-electron chi connectivity index (χ2n) is 6.68. The summed E-state index contributed by atoms with van der Waals surface area (Å²) in [6.07, 6.45) is -3.36. The van der Waals surface area contributed by atoms with Crippen molar-refractivity contribution in [2.75, 3.05) is 13.1 Å². The Balaban J connectivity index is 1.49. The van der Waals surface area contributed by atoms with Crippen molar-refractivity contribution in [1.82, 2.24) is 9.62 Å². The van der Waals surface area contributed by atoms with Crippen LogP contribution in [0.2, 0.25) is 0 Å². The number of alkyl halides is 3. The largest absolute Gasteiger partial charge is 0.573 e. The Morgan fingerprint density at radius 1 is 1.00 bits per heavy atom. The molecule has 3 rings (SSSR count). The van der Waals surface area contributed by atoms with Crippen LogP contribution in [0.15, 0.2) is 59.5 Å². The molecule has 5 nitrogen and oxygen atoms in total. The zero-order valence-corrected chi connectivity index (χ0v) is 15.8. The average Bonchev–Trinajstić information content (AvgIpc) is 2.64. The summed E-state index contributed by atoms with van der Waals surface area (Å²) in [7, 11) is -3.53. The minimum absolute atomic E-state index is 0.135. The molecule has 0 radical (unpaired) electrons. The van der Waals surface area contributed by atoms with Crippen LogP contribution in [-0.4, -0.2) is 38.8 Å². The van der Waals surface area contributed by atoms with Crippen LogP contribution >= 0.6 is 0 Å². The summed E-state index contributed by atoms with van der Waals surface area (Å²) in [5.74, 6) is -0.245. The van der Waals surface area contributed by atoms with Crippen molar-refractivity contribution in [1.29, 1.82) is 0 Å². The van der Waals surface area contributed by atoms with Crippen LogP contribution in [0.1, 0.15) is 18.4 Å². The number of ether oxygens (including phenoxy) is 1. The molecule has 0 unspecified atom stereocenters. The molecule has 1 fully saturated rings. The molecule has 152 valence electrons. The number of rotatable bonds is 6. The number of nitrogens with zero attached hydrogens (tertiary/aromatic N) is 1. The van der Waals surface area contributed by atoms with Gasteiger partial charge < -0.3 is 4.74 Å². The molecule has 0 spiro atoms. The first-order chi connectivity index (χ1) is 13.2. The van der Waals surface area contributed by atoms with Crippen molar-refractivity contribution in [3.63, 3.8) is 0 Å². The van der Waals surface area contributed by atoms with E-state index in [1.165, 1.54) is 12.1 Å². The number of likely N-dealkylation sites (tertiary alicyclic amines) is 1. The molecule has 2 aromatic carbocycles. The molecule has 0 bridgehead atoms. The Morgan fingerprint density at radius 2 is 1.61 bits per heavy atom. The van der Waals surface area contributed by atoms with Crippen molar-refractivity contribution in [3.8, 4) is 5.75 Å². The van der Waals surface area contributed by atoms with Gasteiger partial charge in [0.2, 0.25) is 10.0 Å². The van der Waals surface area contributed by atoms with Gasteiger partial charge in [-0.1, -0.05) is 30.3 Å². The van der Waals surface area contributed by atoms with E-state index < -0.39 is 16.4 Å². The van der Waals surface area contributed by atoms with Gasteiger partial charge in [-0.05, 0) is 42.7 Å². The van der Waals surface area contributed by atoms with Gasteiger partial charge >= 0.3 is 6.36 Å². The van der Waals surface area contributed by atoms with E-state index in [-0.39, 0.29) is 16.7 Å². The molecular formula is C19H21F3N2O3S. The van der Waals surface area contributed by atoms with Gasteiger partial charge in [0.1, 0.15) is 5.75 Å². The van der Waals surface area contributed by atoms with Crippen LogP contribution < -0.4 is 9.46 Å². The van der Waals surface area contributed by atoms with E-state index in [2.05, 4.69) is 14.4 Å². The summed E-state index contributed by atoms with van der Waals surface area (Å²) in [4.78, 5) is 2.39. The molecule has 0 aliphatic carbocycles. The lowest BCUT2D eigenvalue weighted by Gasteiger charge is -2.32. The lowest BCUT2D eigenvalue weighted by molar-refractivity contribution is -0.274. The lowest BCUT2D eigenvalue weighted by Crippen LogP contribution is -2.44. The van der Waals surface area contributed by atoms with Gasteiger partial charge in [0.05, 0.1) is 4.90 Å².